The van der Waals surface area contributed by atoms with E-state index in [2.05, 4.69) is 17.2 Å². The smallest absolute Gasteiger partial charge is 0.252 e. The van der Waals surface area contributed by atoms with Gasteiger partial charge in [0.05, 0.1) is 5.56 Å². The van der Waals surface area contributed by atoms with E-state index in [0.29, 0.717) is 24.6 Å². The Bertz CT molecular complexity index is 499. The summed E-state index contributed by atoms with van der Waals surface area (Å²) in [5.74, 6) is -0.0495. The maximum atomic E-state index is 12.1. The Labute approximate surface area is 125 Å². The summed E-state index contributed by atoms with van der Waals surface area (Å²) in [6, 6.07) is 3.87. The molecule has 0 bridgehead atoms. The van der Waals surface area contributed by atoms with Gasteiger partial charge in [0, 0.05) is 37.4 Å². The van der Waals surface area contributed by atoms with E-state index in [0.717, 1.165) is 25.1 Å². The van der Waals surface area contributed by atoms with E-state index in [1.165, 1.54) is 6.42 Å². The van der Waals surface area contributed by atoms with E-state index in [1.54, 1.807) is 18.3 Å². The number of aromatic nitrogens is 1. The summed E-state index contributed by atoms with van der Waals surface area (Å²) in [5, 5.41) is 2.78. The van der Waals surface area contributed by atoms with Crippen LogP contribution in [0.3, 0.4) is 0 Å². The van der Waals surface area contributed by atoms with Crippen LogP contribution >= 0.6 is 0 Å². The topological polar surface area (TPSA) is 62.3 Å². The van der Waals surface area contributed by atoms with Crippen LogP contribution in [0.1, 0.15) is 48.7 Å². The maximum Gasteiger partial charge on any atom is 0.252 e. The molecule has 0 spiro atoms. The number of hydrogen-bond acceptors (Lipinski definition) is 3. The van der Waals surface area contributed by atoms with Crippen molar-refractivity contribution in [3.05, 3.63) is 29.6 Å². The summed E-state index contributed by atoms with van der Waals surface area (Å²) in [5.41, 5.74) is 1.40. The van der Waals surface area contributed by atoms with E-state index < -0.39 is 0 Å². The number of nitrogens with zero attached hydrogens (tertiary/aromatic N) is 2. The van der Waals surface area contributed by atoms with Gasteiger partial charge in [-0.3, -0.25) is 14.6 Å². The molecule has 1 aromatic heterocycles. The van der Waals surface area contributed by atoms with Crippen LogP contribution in [-0.2, 0) is 4.79 Å². The highest BCUT2D eigenvalue weighted by Gasteiger charge is 2.22. The minimum atomic E-state index is -0.179. The molecule has 0 aliphatic carbocycles. The van der Waals surface area contributed by atoms with Gasteiger partial charge in [-0.15, -0.1) is 0 Å². The predicted octanol–water partition coefficient (Wildman–Crippen LogP) is 1.91. The summed E-state index contributed by atoms with van der Waals surface area (Å²) in [6.07, 6.45) is 5.27. The van der Waals surface area contributed by atoms with Crippen molar-refractivity contribution in [1.29, 1.82) is 0 Å². The number of pyridine rings is 1. The number of amides is 2. The van der Waals surface area contributed by atoms with Crippen LogP contribution in [0, 0.1) is 6.92 Å². The average Bonchev–Trinajstić information content (AvgIpc) is 2.48. The van der Waals surface area contributed by atoms with Gasteiger partial charge in [0.15, 0.2) is 0 Å². The molecule has 0 unspecified atom stereocenters. The van der Waals surface area contributed by atoms with Crippen molar-refractivity contribution in [2.75, 3.05) is 13.1 Å². The Morgan fingerprint density at radius 1 is 1.38 bits per heavy atom. The summed E-state index contributed by atoms with van der Waals surface area (Å²) in [7, 11) is 0. The molecule has 2 amide bonds. The van der Waals surface area contributed by atoms with Crippen molar-refractivity contribution in [2.24, 2.45) is 0 Å². The summed E-state index contributed by atoms with van der Waals surface area (Å²) < 4.78 is 0. The Kier molecular flexibility index (Phi) is 5.31. The third-order valence-corrected chi connectivity index (χ3v) is 3.92. The standard InChI is InChI=1S/C16H23N3O2/c1-12-6-7-14(11-18-12)16(21)17-9-8-15(20)19-10-4-3-5-13(19)2/h6-7,11,13H,3-5,8-10H2,1-2H3,(H,17,21)/t13-/m1/s1. The molecule has 1 aliphatic rings. The monoisotopic (exact) mass is 289 g/mol. The Morgan fingerprint density at radius 2 is 2.19 bits per heavy atom. The molecule has 1 aromatic rings. The van der Waals surface area contributed by atoms with Gasteiger partial charge in [-0.2, -0.15) is 0 Å². The fourth-order valence-corrected chi connectivity index (χ4v) is 2.60. The largest absolute Gasteiger partial charge is 0.351 e. The molecule has 1 saturated heterocycles. The fourth-order valence-electron chi connectivity index (χ4n) is 2.60. The minimum absolute atomic E-state index is 0.129. The SMILES string of the molecule is Cc1ccc(C(=O)NCCC(=O)N2CCCC[C@H]2C)cn1. The molecule has 5 heteroatoms. The van der Waals surface area contributed by atoms with Gasteiger partial charge in [-0.05, 0) is 45.2 Å². The zero-order chi connectivity index (χ0) is 15.2. The molecular formula is C16H23N3O2. The lowest BCUT2D eigenvalue weighted by molar-refractivity contribution is -0.134. The number of piperidine rings is 1. The highest BCUT2D eigenvalue weighted by molar-refractivity contribution is 5.94. The van der Waals surface area contributed by atoms with E-state index in [4.69, 9.17) is 0 Å². The maximum absolute atomic E-state index is 12.1. The number of hydrogen-bond donors (Lipinski definition) is 1. The first-order chi connectivity index (χ1) is 10.1. The lowest BCUT2D eigenvalue weighted by Gasteiger charge is -2.33. The van der Waals surface area contributed by atoms with Gasteiger partial charge >= 0.3 is 0 Å². The number of likely N-dealkylation sites (tertiary alicyclic amines) is 1. The second-order valence-electron chi connectivity index (χ2n) is 5.63. The van der Waals surface area contributed by atoms with Crippen LogP contribution in [0.5, 0.6) is 0 Å². The van der Waals surface area contributed by atoms with Crippen molar-refractivity contribution in [1.82, 2.24) is 15.2 Å². The van der Waals surface area contributed by atoms with E-state index in [-0.39, 0.29) is 11.8 Å². The Balaban J connectivity index is 1.77. The zero-order valence-electron chi connectivity index (χ0n) is 12.8. The summed E-state index contributed by atoms with van der Waals surface area (Å²) in [4.78, 5) is 30.1. The normalized spacial score (nSPS) is 18.4. The van der Waals surface area contributed by atoms with Crippen molar-refractivity contribution in [3.8, 4) is 0 Å². The Morgan fingerprint density at radius 3 is 2.86 bits per heavy atom. The second-order valence-corrected chi connectivity index (χ2v) is 5.63. The van der Waals surface area contributed by atoms with Gasteiger partial charge in [0.1, 0.15) is 0 Å². The highest BCUT2D eigenvalue weighted by atomic mass is 16.2. The molecule has 0 aromatic carbocycles. The average molecular weight is 289 g/mol. The molecule has 1 aliphatic heterocycles. The molecule has 1 fully saturated rings. The summed E-state index contributed by atoms with van der Waals surface area (Å²) >= 11 is 0. The number of carbonyl (C=O) groups excluding carboxylic acids is 2. The molecular weight excluding hydrogens is 266 g/mol. The molecule has 21 heavy (non-hydrogen) atoms. The van der Waals surface area contributed by atoms with Gasteiger partial charge in [0.25, 0.3) is 5.91 Å². The number of carbonyl (C=O) groups is 2. The van der Waals surface area contributed by atoms with Crippen LogP contribution in [0.2, 0.25) is 0 Å². The van der Waals surface area contributed by atoms with Gasteiger partial charge in [0.2, 0.25) is 5.91 Å². The first-order valence-electron chi connectivity index (χ1n) is 7.58. The molecule has 114 valence electrons. The zero-order valence-corrected chi connectivity index (χ0v) is 12.8. The third-order valence-electron chi connectivity index (χ3n) is 3.92. The molecule has 0 radical (unpaired) electrons. The molecule has 2 rings (SSSR count). The van der Waals surface area contributed by atoms with Crippen LogP contribution in [-0.4, -0.2) is 40.8 Å². The van der Waals surface area contributed by atoms with Crippen molar-refractivity contribution >= 4 is 11.8 Å². The van der Waals surface area contributed by atoms with Gasteiger partial charge < -0.3 is 10.2 Å². The van der Waals surface area contributed by atoms with E-state index >= 15 is 0 Å². The summed E-state index contributed by atoms with van der Waals surface area (Å²) in [6.45, 7) is 5.18. The lowest BCUT2D eigenvalue weighted by atomic mass is 10.0. The number of aryl methyl sites for hydroxylation is 1. The predicted molar refractivity (Wildman–Crippen MR) is 81.0 cm³/mol. The van der Waals surface area contributed by atoms with Crippen LogP contribution < -0.4 is 5.32 Å². The first kappa shape index (κ1) is 15.5. The molecule has 2 heterocycles. The van der Waals surface area contributed by atoms with Crippen molar-refractivity contribution < 1.29 is 9.59 Å². The highest BCUT2D eigenvalue weighted by Crippen LogP contribution is 2.16. The fraction of sp³-hybridized carbons (Fsp3) is 0.562. The van der Waals surface area contributed by atoms with E-state index in [9.17, 15) is 9.59 Å². The molecule has 1 N–H and O–H groups in total. The molecule has 1 atom stereocenters. The number of nitrogens with one attached hydrogen (secondary N) is 1. The van der Waals surface area contributed by atoms with Crippen molar-refractivity contribution in [2.45, 2.75) is 45.6 Å². The van der Waals surface area contributed by atoms with Gasteiger partial charge in [-0.1, -0.05) is 0 Å². The lowest BCUT2D eigenvalue weighted by Crippen LogP contribution is -2.43. The first-order valence-corrected chi connectivity index (χ1v) is 7.58. The van der Waals surface area contributed by atoms with Gasteiger partial charge in [-0.25, -0.2) is 0 Å². The minimum Gasteiger partial charge on any atom is -0.351 e. The second kappa shape index (κ2) is 7.20. The quantitative estimate of drug-likeness (QED) is 0.921. The molecule has 0 saturated carbocycles. The third kappa shape index (κ3) is 4.28. The number of rotatable bonds is 4. The van der Waals surface area contributed by atoms with E-state index in [1.807, 2.05) is 11.8 Å². The molecule has 5 nitrogen and oxygen atoms in total. The van der Waals surface area contributed by atoms with Crippen LogP contribution in [0.25, 0.3) is 0 Å². The van der Waals surface area contributed by atoms with Crippen LogP contribution in [0.4, 0.5) is 0 Å². The van der Waals surface area contributed by atoms with Crippen molar-refractivity contribution in [3.63, 3.8) is 0 Å². The van der Waals surface area contributed by atoms with Crippen LogP contribution in [0.15, 0.2) is 18.3 Å². The Hall–Kier alpha value is -1.91.